The Morgan fingerprint density at radius 3 is 2.09 bits per heavy atom. The van der Waals surface area contributed by atoms with E-state index in [1.54, 1.807) is 42.8 Å². The number of carbonyl (C=O) groups excluding carboxylic acids is 4. The fourth-order valence-corrected chi connectivity index (χ4v) is 7.82. The van der Waals surface area contributed by atoms with Crippen LogP contribution in [0.15, 0.2) is 88.2 Å². The first-order chi connectivity index (χ1) is 26.6. The number of rotatable bonds is 19. The number of benzene rings is 3. The van der Waals surface area contributed by atoms with Gasteiger partial charge in [0.15, 0.2) is 0 Å². The largest absolute Gasteiger partial charge is 0.355 e. The van der Waals surface area contributed by atoms with Gasteiger partial charge in [0, 0.05) is 53.6 Å². The number of nitrogens with one attached hydrogen (secondary N) is 5. The summed E-state index contributed by atoms with van der Waals surface area (Å²) >= 11 is 4.83. The lowest BCUT2D eigenvalue weighted by atomic mass is 10.0. The fourth-order valence-electron chi connectivity index (χ4n) is 5.76. The molecule has 56 heavy (non-hydrogen) atoms. The summed E-state index contributed by atoms with van der Waals surface area (Å²) in [6, 6.07) is 18.1. The Morgan fingerprint density at radius 1 is 0.857 bits per heavy atom. The van der Waals surface area contributed by atoms with Gasteiger partial charge in [-0.3, -0.25) is 23.5 Å². The molecule has 300 valence electrons. The van der Waals surface area contributed by atoms with Gasteiger partial charge in [-0.1, -0.05) is 72.2 Å². The van der Waals surface area contributed by atoms with Gasteiger partial charge in [0.1, 0.15) is 6.04 Å². The van der Waals surface area contributed by atoms with Gasteiger partial charge in [0.05, 0.1) is 34.7 Å². The first-order valence-corrected chi connectivity index (χ1v) is 21.6. The van der Waals surface area contributed by atoms with Crippen LogP contribution in [0.25, 0.3) is 0 Å². The van der Waals surface area contributed by atoms with Crippen molar-refractivity contribution in [1.29, 1.82) is 0 Å². The van der Waals surface area contributed by atoms with Crippen LogP contribution < -0.4 is 30.9 Å². The Labute approximate surface area is 341 Å². The molecule has 0 aliphatic carbocycles. The number of hydrogen-bond donors (Lipinski definition) is 5. The highest BCUT2D eigenvalue weighted by atomic mass is 79.9. The molecule has 1 aromatic heterocycles. The van der Waals surface area contributed by atoms with E-state index in [9.17, 15) is 27.6 Å². The maximum atomic E-state index is 14.1. The van der Waals surface area contributed by atoms with E-state index < -0.39 is 46.0 Å². The van der Waals surface area contributed by atoms with E-state index in [-0.39, 0.29) is 46.8 Å². The molecule has 4 amide bonds. The standard InChI is InChI=1S/C40H50BrN7O6S2/c1-7-42-40(52)36(25(2)3)47-37(49)27(5)43-21-33(20-34-22-55-24-44-34)46-39(51)31-17-30(38(50)45-26(4)29-13-15-32(41)16-14-29)18-35(19-31)48(6)56(53,54)23-28-11-9-8-10-12-28/h8-19,22,24-27,33,36,43H,7,20-21,23H2,1-6H3,(H,42,52)(H,45,50)(H,46,51)(H,47,49)/t26-,27+,33+,36+/m1/s1. The predicted octanol–water partition coefficient (Wildman–Crippen LogP) is 4.96. The summed E-state index contributed by atoms with van der Waals surface area (Å²) in [5.41, 5.74) is 4.10. The molecule has 0 saturated carbocycles. The van der Waals surface area contributed by atoms with Crippen molar-refractivity contribution in [1.82, 2.24) is 31.6 Å². The number of aromatic nitrogens is 1. The smallest absolute Gasteiger partial charge is 0.251 e. The number of sulfonamides is 1. The summed E-state index contributed by atoms with van der Waals surface area (Å²) < 4.78 is 29.2. The van der Waals surface area contributed by atoms with E-state index >= 15 is 0 Å². The normalized spacial score (nSPS) is 13.6. The third-order valence-corrected chi connectivity index (χ3v) is 12.0. The van der Waals surface area contributed by atoms with E-state index in [0.717, 1.165) is 20.0 Å². The quantitative estimate of drug-likeness (QED) is 0.0879. The number of anilines is 1. The van der Waals surface area contributed by atoms with Crippen LogP contribution in [0, 0.1) is 5.92 Å². The van der Waals surface area contributed by atoms with Crippen molar-refractivity contribution in [3.05, 3.63) is 116 Å². The summed E-state index contributed by atoms with van der Waals surface area (Å²) in [6.45, 7) is 9.58. The van der Waals surface area contributed by atoms with Crippen LogP contribution in [0.5, 0.6) is 0 Å². The molecule has 16 heteroatoms. The lowest BCUT2D eigenvalue weighted by molar-refractivity contribution is -0.130. The second-order valence-electron chi connectivity index (χ2n) is 13.8. The fraction of sp³-hybridized carbons (Fsp3) is 0.375. The minimum atomic E-state index is -3.94. The SMILES string of the molecule is CCNC(=O)[C@@H](NC(=O)[C@H](C)NC[C@H](Cc1cscn1)NC(=O)c1cc(C(=O)N[C@H](C)c2ccc(Br)cc2)cc(N(C)S(=O)(=O)Cc2ccccc2)c1)C(C)C. The lowest BCUT2D eigenvalue weighted by Gasteiger charge is -2.25. The monoisotopic (exact) mass is 867 g/mol. The average Bonchev–Trinajstić information content (AvgIpc) is 3.68. The van der Waals surface area contributed by atoms with Crippen molar-refractivity contribution >= 4 is 66.6 Å². The van der Waals surface area contributed by atoms with Crippen molar-refractivity contribution in [2.75, 3.05) is 24.4 Å². The Balaban J connectivity index is 1.61. The minimum Gasteiger partial charge on any atom is -0.355 e. The zero-order chi connectivity index (χ0) is 41.0. The van der Waals surface area contributed by atoms with Gasteiger partial charge in [0.25, 0.3) is 11.8 Å². The molecule has 0 radical (unpaired) electrons. The molecule has 0 aliphatic heterocycles. The van der Waals surface area contributed by atoms with Crippen LogP contribution in [0.1, 0.15) is 78.2 Å². The van der Waals surface area contributed by atoms with Gasteiger partial charge >= 0.3 is 0 Å². The Hall–Kier alpha value is -4.64. The van der Waals surface area contributed by atoms with Gasteiger partial charge in [-0.15, -0.1) is 11.3 Å². The summed E-state index contributed by atoms with van der Waals surface area (Å²) in [6.07, 6.45) is 0.313. The zero-order valence-corrected chi connectivity index (χ0v) is 35.6. The lowest BCUT2D eigenvalue weighted by Crippen LogP contribution is -2.55. The third-order valence-electron chi connectivity index (χ3n) is 9.07. The van der Waals surface area contributed by atoms with Gasteiger partial charge < -0.3 is 26.6 Å². The number of thiazole rings is 1. The van der Waals surface area contributed by atoms with E-state index in [1.165, 1.54) is 36.6 Å². The Bertz CT molecular complexity index is 2050. The van der Waals surface area contributed by atoms with E-state index in [1.807, 2.05) is 57.3 Å². The number of halogens is 1. The molecule has 5 N–H and O–H groups in total. The molecule has 0 fully saturated rings. The first kappa shape index (κ1) is 44.1. The molecule has 1 heterocycles. The maximum Gasteiger partial charge on any atom is 0.251 e. The van der Waals surface area contributed by atoms with E-state index in [4.69, 9.17) is 0 Å². The van der Waals surface area contributed by atoms with Gasteiger partial charge in [-0.25, -0.2) is 13.4 Å². The summed E-state index contributed by atoms with van der Waals surface area (Å²) in [7, 11) is -2.56. The molecular weight excluding hydrogens is 819 g/mol. The van der Waals surface area contributed by atoms with Crippen molar-refractivity contribution in [3.63, 3.8) is 0 Å². The van der Waals surface area contributed by atoms with Crippen LogP contribution in [0.2, 0.25) is 0 Å². The number of likely N-dealkylation sites (N-methyl/N-ethyl adjacent to an activating group) is 1. The third kappa shape index (κ3) is 12.7. The molecule has 0 spiro atoms. The van der Waals surface area contributed by atoms with Crippen LogP contribution in [-0.2, 0) is 31.8 Å². The van der Waals surface area contributed by atoms with Crippen LogP contribution in [0.3, 0.4) is 0 Å². The van der Waals surface area contributed by atoms with Crippen LogP contribution >= 0.6 is 27.3 Å². The number of hydrogen-bond acceptors (Lipinski definition) is 9. The zero-order valence-electron chi connectivity index (χ0n) is 32.3. The molecule has 0 saturated heterocycles. The minimum absolute atomic E-state index is 0.0569. The van der Waals surface area contributed by atoms with E-state index in [2.05, 4.69) is 47.5 Å². The maximum absolute atomic E-state index is 14.1. The highest BCUT2D eigenvalue weighted by molar-refractivity contribution is 9.10. The topological polar surface area (TPSA) is 179 Å². The molecule has 0 bridgehead atoms. The highest BCUT2D eigenvalue weighted by Gasteiger charge is 2.28. The number of nitrogens with zero attached hydrogens (tertiary/aromatic N) is 2. The van der Waals surface area contributed by atoms with E-state index in [0.29, 0.717) is 18.5 Å². The molecule has 4 rings (SSSR count). The Kier molecular flexibility index (Phi) is 16.1. The number of amides is 4. The summed E-state index contributed by atoms with van der Waals surface area (Å²) in [5, 5.41) is 16.6. The van der Waals surface area contributed by atoms with Crippen molar-refractivity contribution in [2.45, 2.75) is 71.0 Å². The molecular formula is C40H50BrN7O6S2. The molecule has 13 nitrogen and oxygen atoms in total. The molecule has 0 aliphatic rings. The second-order valence-corrected chi connectivity index (χ2v) is 17.5. The summed E-state index contributed by atoms with van der Waals surface area (Å²) in [5.74, 6) is -2.16. The highest BCUT2D eigenvalue weighted by Crippen LogP contribution is 2.25. The molecule has 3 aromatic carbocycles. The van der Waals surface area contributed by atoms with Crippen LogP contribution in [-0.4, -0.2) is 75.3 Å². The molecule has 4 aromatic rings. The molecule has 0 unspecified atom stereocenters. The number of carbonyl (C=O) groups is 4. The second kappa shape index (κ2) is 20.5. The van der Waals surface area contributed by atoms with Crippen molar-refractivity contribution in [3.8, 4) is 0 Å². The van der Waals surface area contributed by atoms with Gasteiger partial charge in [0.2, 0.25) is 21.8 Å². The van der Waals surface area contributed by atoms with Gasteiger partial charge in [-0.05, 0) is 68.1 Å². The average molecular weight is 869 g/mol. The first-order valence-electron chi connectivity index (χ1n) is 18.3. The summed E-state index contributed by atoms with van der Waals surface area (Å²) in [4.78, 5) is 58.0. The predicted molar refractivity (Wildman–Crippen MR) is 224 cm³/mol. The van der Waals surface area contributed by atoms with Crippen molar-refractivity contribution < 1.29 is 27.6 Å². The van der Waals surface area contributed by atoms with Crippen molar-refractivity contribution in [2.24, 2.45) is 5.92 Å². The molecule has 4 atom stereocenters. The van der Waals surface area contributed by atoms with Gasteiger partial charge in [-0.2, -0.15) is 0 Å². The van der Waals surface area contributed by atoms with Crippen LogP contribution in [0.4, 0.5) is 5.69 Å². The Morgan fingerprint density at radius 2 is 1.50 bits per heavy atom.